The Morgan fingerprint density at radius 1 is 1.13 bits per heavy atom. The Morgan fingerprint density at radius 3 is 2.63 bits per heavy atom. The highest BCUT2D eigenvalue weighted by molar-refractivity contribution is 5.88. The van der Waals surface area contributed by atoms with Crippen molar-refractivity contribution in [3.05, 3.63) is 71.9 Å². The smallest absolute Gasteiger partial charge is 0.329 e. The van der Waals surface area contributed by atoms with Crippen molar-refractivity contribution >= 4 is 22.9 Å². The lowest BCUT2D eigenvalue weighted by molar-refractivity contribution is -0.143. The van der Waals surface area contributed by atoms with Crippen LogP contribution in [0.2, 0.25) is 0 Å². The second-order valence-corrected chi connectivity index (χ2v) is 7.79. The van der Waals surface area contributed by atoms with Gasteiger partial charge in [-0.2, -0.15) is 0 Å². The maximum atomic E-state index is 13.2. The monoisotopic (exact) mass is 405 g/mol. The number of nitrogens with zero attached hydrogens (tertiary/aromatic N) is 1. The Kier molecular flexibility index (Phi) is 5.74. The Morgan fingerprint density at radius 2 is 1.87 bits per heavy atom. The molecule has 1 unspecified atom stereocenters. The molecule has 2 amide bonds. The summed E-state index contributed by atoms with van der Waals surface area (Å²) in [6, 6.07) is 17.0. The molecule has 1 saturated heterocycles. The van der Waals surface area contributed by atoms with Crippen molar-refractivity contribution in [2.24, 2.45) is 0 Å². The van der Waals surface area contributed by atoms with Crippen LogP contribution in [0.1, 0.15) is 42.9 Å². The summed E-state index contributed by atoms with van der Waals surface area (Å²) >= 11 is 0. The van der Waals surface area contributed by atoms with Crippen LogP contribution in [0.15, 0.2) is 60.8 Å². The van der Waals surface area contributed by atoms with Crippen LogP contribution in [-0.4, -0.2) is 41.6 Å². The molecule has 0 saturated carbocycles. The average Bonchev–Trinajstić information content (AvgIpc) is 3.44. The molecule has 156 valence electrons. The van der Waals surface area contributed by atoms with E-state index in [1.165, 1.54) is 7.11 Å². The molecule has 2 aromatic carbocycles. The largest absolute Gasteiger partial charge is 0.467 e. The first-order valence-electron chi connectivity index (χ1n) is 10.4. The maximum Gasteiger partial charge on any atom is 0.329 e. The third-order valence-electron chi connectivity index (χ3n) is 6.04. The molecule has 0 spiro atoms. The van der Waals surface area contributed by atoms with Gasteiger partial charge in [-0.1, -0.05) is 55.5 Å². The van der Waals surface area contributed by atoms with E-state index < -0.39 is 12.0 Å². The van der Waals surface area contributed by atoms with Crippen LogP contribution in [0.5, 0.6) is 0 Å². The Labute approximate surface area is 176 Å². The number of hydrogen-bond acceptors (Lipinski definition) is 3. The highest BCUT2D eigenvalue weighted by atomic mass is 16.5. The van der Waals surface area contributed by atoms with Gasteiger partial charge in [-0.05, 0) is 30.0 Å². The average molecular weight is 405 g/mol. The number of hydrogen-bond donors (Lipinski definition) is 2. The molecular weight excluding hydrogens is 378 g/mol. The summed E-state index contributed by atoms with van der Waals surface area (Å²) in [5, 5.41) is 4.00. The number of carbonyl (C=O) groups is 2. The van der Waals surface area contributed by atoms with Crippen LogP contribution in [0.3, 0.4) is 0 Å². The maximum absolute atomic E-state index is 13.2. The molecule has 6 nitrogen and oxygen atoms in total. The van der Waals surface area contributed by atoms with Gasteiger partial charge in [0.05, 0.1) is 13.2 Å². The van der Waals surface area contributed by atoms with Crippen molar-refractivity contribution in [1.29, 1.82) is 0 Å². The molecule has 1 aliphatic heterocycles. The van der Waals surface area contributed by atoms with Gasteiger partial charge in [0.15, 0.2) is 0 Å². The van der Waals surface area contributed by atoms with E-state index >= 15 is 0 Å². The molecule has 0 radical (unpaired) electrons. The van der Waals surface area contributed by atoms with Crippen LogP contribution in [0.25, 0.3) is 10.9 Å². The number of likely N-dealkylation sites (tertiary alicyclic amines) is 1. The first-order chi connectivity index (χ1) is 14.6. The van der Waals surface area contributed by atoms with E-state index in [0.29, 0.717) is 6.54 Å². The van der Waals surface area contributed by atoms with Crippen molar-refractivity contribution in [3.63, 3.8) is 0 Å². The summed E-state index contributed by atoms with van der Waals surface area (Å²) in [7, 11) is 1.35. The third-order valence-corrected chi connectivity index (χ3v) is 6.04. The lowest BCUT2D eigenvalue weighted by Gasteiger charge is -2.29. The number of ether oxygens (including phenoxy) is 1. The van der Waals surface area contributed by atoms with Crippen molar-refractivity contribution in [2.75, 3.05) is 13.7 Å². The number of methoxy groups -OCH3 is 1. The number of amides is 2. The molecule has 4 rings (SSSR count). The lowest BCUT2D eigenvalue weighted by Crippen LogP contribution is -2.50. The second-order valence-electron chi connectivity index (χ2n) is 7.79. The first-order valence-corrected chi connectivity index (χ1v) is 10.4. The number of esters is 1. The summed E-state index contributed by atoms with van der Waals surface area (Å²) in [5.74, 6) is -0.702. The number of aromatic nitrogens is 1. The van der Waals surface area contributed by atoms with Crippen molar-refractivity contribution in [1.82, 2.24) is 15.2 Å². The number of urea groups is 1. The molecule has 2 N–H and O–H groups in total. The minimum absolute atomic E-state index is 0.0212. The second kappa shape index (κ2) is 8.61. The summed E-state index contributed by atoms with van der Waals surface area (Å²) in [5.41, 5.74) is 3.09. The number of nitrogens with one attached hydrogen (secondary N) is 2. The van der Waals surface area contributed by atoms with Gasteiger partial charge in [0.1, 0.15) is 6.04 Å². The SMILES string of the molecule is COC(=O)[C@H](NC(=O)N1CCCC1c1ccccc1)[C@@H](C)c1c[nH]c2ccccc12. The van der Waals surface area contributed by atoms with Gasteiger partial charge in [-0.3, -0.25) is 0 Å². The molecule has 0 aliphatic carbocycles. The van der Waals surface area contributed by atoms with Crippen LogP contribution in [0, 0.1) is 0 Å². The van der Waals surface area contributed by atoms with E-state index in [1.807, 2.05) is 72.6 Å². The van der Waals surface area contributed by atoms with Gasteiger partial charge in [0, 0.05) is 29.6 Å². The summed E-state index contributed by atoms with van der Waals surface area (Å²) in [6.45, 7) is 2.61. The number of rotatable bonds is 5. The quantitative estimate of drug-likeness (QED) is 0.620. The van der Waals surface area contributed by atoms with Crippen LogP contribution >= 0.6 is 0 Å². The fraction of sp³-hybridized carbons (Fsp3) is 0.333. The van der Waals surface area contributed by atoms with E-state index in [-0.39, 0.29) is 18.0 Å². The molecule has 30 heavy (non-hydrogen) atoms. The van der Waals surface area contributed by atoms with E-state index in [9.17, 15) is 9.59 Å². The lowest BCUT2D eigenvalue weighted by atomic mass is 9.93. The van der Waals surface area contributed by atoms with Crippen LogP contribution in [-0.2, 0) is 9.53 Å². The van der Waals surface area contributed by atoms with Crippen molar-refractivity contribution < 1.29 is 14.3 Å². The zero-order valence-corrected chi connectivity index (χ0v) is 17.3. The zero-order chi connectivity index (χ0) is 21.1. The molecule has 1 fully saturated rings. The van der Waals surface area contributed by atoms with E-state index in [0.717, 1.165) is 34.9 Å². The molecule has 3 aromatic rings. The first kappa shape index (κ1) is 20.0. The third kappa shape index (κ3) is 3.77. The van der Waals surface area contributed by atoms with Gasteiger partial charge in [-0.25, -0.2) is 9.59 Å². The van der Waals surface area contributed by atoms with Gasteiger partial charge >= 0.3 is 12.0 Å². The normalized spacial score (nSPS) is 18.2. The number of aromatic amines is 1. The fourth-order valence-corrected chi connectivity index (χ4v) is 4.41. The summed E-state index contributed by atoms with van der Waals surface area (Å²) in [6.07, 6.45) is 3.76. The predicted molar refractivity (Wildman–Crippen MR) is 116 cm³/mol. The molecule has 2 heterocycles. The Hall–Kier alpha value is -3.28. The van der Waals surface area contributed by atoms with E-state index in [2.05, 4.69) is 10.3 Å². The Balaban J connectivity index is 1.57. The Bertz CT molecular complexity index is 1030. The van der Waals surface area contributed by atoms with E-state index in [4.69, 9.17) is 4.74 Å². The summed E-state index contributed by atoms with van der Waals surface area (Å²) in [4.78, 5) is 30.9. The summed E-state index contributed by atoms with van der Waals surface area (Å²) < 4.78 is 5.04. The number of carbonyl (C=O) groups excluding carboxylic acids is 2. The van der Waals surface area contributed by atoms with Crippen molar-refractivity contribution in [2.45, 2.75) is 37.8 Å². The standard InChI is InChI=1S/C24H27N3O3/c1-16(19-15-25-20-12-7-6-11-18(19)20)22(23(28)30-2)26-24(29)27-14-8-13-21(27)17-9-4-3-5-10-17/h3-7,9-12,15-16,21-22,25H,8,13-14H2,1-2H3,(H,26,29)/t16-,21?,22+/m0/s1. The molecular formula is C24H27N3O3. The predicted octanol–water partition coefficient (Wildman–Crippen LogP) is 4.36. The molecule has 3 atom stereocenters. The molecule has 1 aromatic heterocycles. The van der Waals surface area contributed by atoms with Crippen LogP contribution < -0.4 is 5.32 Å². The zero-order valence-electron chi connectivity index (χ0n) is 17.3. The molecule has 0 bridgehead atoms. The minimum atomic E-state index is -0.779. The van der Waals surface area contributed by atoms with Gasteiger partial charge in [-0.15, -0.1) is 0 Å². The fourth-order valence-electron chi connectivity index (χ4n) is 4.41. The number of fused-ring (bicyclic) bond motifs is 1. The van der Waals surface area contributed by atoms with Crippen molar-refractivity contribution in [3.8, 4) is 0 Å². The number of H-pyrrole nitrogens is 1. The number of para-hydroxylation sites is 1. The van der Waals surface area contributed by atoms with Gasteiger partial charge in [0.25, 0.3) is 0 Å². The van der Waals surface area contributed by atoms with Crippen LogP contribution in [0.4, 0.5) is 4.79 Å². The van der Waals surface area contributed by atoms with Gasteiger partial charge < -0.3 is 19.9 Å². The van der Waals surface area contributed by atoms with E-state index in [1.54, 1.807) is 0 Å². The number of benzene rings is 2. The highest BCUT2D eigenvalue weighted by Gasteiger charge is 2.35. The minimum Gasteiger partial charge on any atom is -0.467 e. The highest BCUT2D eigenvalue weighted by Crippen LogP contribution is 2.33. The van der Waals surface area contributed by atoms with Gasteiger partial charge in [0.2, 0.25) is 0 Å². The topological polar surface area (TPSA) is 74.4 Å². The molecule has 1 aliphatic rings. The molecule has 6 heteroatoms.